The summed E-state index contributed by atoms with van der Waals surface area (Å²) in [5, 5.41) is 40.3. The van der Waals surface area contributed by atoms with Crippen LogP contribution in [-0.2, 0) is 4.74 Å². The van der Waals surface area contributed by atoms with Crippen molar-refractivity contribution in [1.82, 2.24) is 14.5 Å². The van der Waals surface area contributed by atoms with Gasteiger partial charge in [-0.2, -0.15) is 0 Å². The molecule has 2 aliphatic rings. The van der Waals surface area contributed by atoms with E-state index in [4.69, 9.17) is 15.3 Å². The molecule has 2 aliphatic heterocycles. The molecular weight excluding hydrogens is 405 g/mol. The number of rotatable bonds is 3. The van der Waals surface area contributed by atoms with Gasteiger partial charge in [0.15, 0.2) is 12.1 Å². The number of nitrogens with zero attached hydrogens (tertiary/aromatic N) is 3. The van der Waals surface area contributed by atoms with Crippen LogP contribution in [0.4, 0.5) is 5.82 Å². The van der Waals surface area contributed by atoms with Crippen LogP contribution in [0.3, 0.4) is 0 Å². The van der Waals surface area contributed by atoms with Crippen molar-refractivity contribution in [3.63, 3.8) is 0 Å². The predicted molar refractivity (Wildman–Crippen MR) is 88.3 cm³/mol. The van der Waals surface area contributed by atoms with Gasteiger partial charge >= 0.3 is 0 Å². The summed E-state index contributed by atoms with van der Waals surface area (Å²) in [6, 6.07) is 0. The van der Waals surface area contributed by atoms with Gasteiger partial charge in [0.1, 0.15) is 29.8 Å². The molecule has 1 saturated heterocycles. The second kappa shape index (κ2) is 6.66. The molecule has 5 N–H and O–H groups in total. The normalized spacial score (nSPS) is 30.7. The highest BCUT2D eigenvalue weighted by Gasteiger charge is 2.44. The molecule has 1 aromatic heterocycles. The standard InChI is InChI=1S/C12H19N5O4.HI/c1-2-16-4-15-11-7(10(16)13)14-5-17(11)12-9(20)8(19)6(3-18)21-12;/h5-6,8-9,12-13,15,18-20H,2-4H2,1H3;1H/t6-,8-,9-,12-;/m1./s1. The van der Waals surface area contributed by atoms with E-state index in [1.807, 2.05) is 11.8 Å². The average molecular weight is 425 g/mol. The Kier molecular flexibility index (Phi) is 5.27. The number of amidine groups is 1. The van der Waals surface area contributed by atoms with Gasteiger partial charge in [0.25, 0.3) is 0 Å². The van der Waals surface area contributed by atoms with Gasteiger partial charge in [0.2, 0.25) is 0 Å². The number of ether oxygens (including phenoxy) is 1. The van der Waals surface area contributed by atoms with Crippen LogP contribution in [0.1, 0.15) is 18.8 Å². The van der Waals surface area contributed by atoms with Crippen molar-refractivity contribution in [2.75, 3.05) is 25.1 Å². The molecule has 1 aromatic rings. The highest BCUT2D eigenvalue weighted by molar-refractivity contribution is 14.0. The maximum Gasteiger partial charge on any atom is 0.165 e. The summed E-state index contributed by atoms with van der Waals surface area (Å²) in [5.74, 6) is 0.872. The first-order valence-corrected chi connectivity index (χ1v) is 6.85. The van der Waals surface area contributed by atoms with Crippen LogP contribution in [0.2, 0.25) is 0 Å². The lowest BCUT2D eigenvalue weighted by molar-refractivity contribution is -0.0519. The third kappa shape index (κ3) is 2.58. The fraction of sp³-hybridized carbons (Fsp3) is 0.667. The van der Waals surface area contributed by atoms with E-state index >= 15 is 0 Å². The second-order valence-corrected chi connectivity index (χ2v) is 5.12. The van der Waals surface area contributed by atoms with E-state index in [1.54, 1.807) is 4.57 Å². The Bertz CT molecular complexity index is 554. The first-order chi connectivity index (χ1) is 10.1. The van der Waals surface area contributed by atoms with Crippen molar-refractivity contribution in [1.29, 1.82) is 5.41 Å². The summed E-state index contributed by atoms with van der Waals surface area (Å²) < 4.78 is 7.04. The second-order valence-electron chi connectivity index (χ2n) is 5.12. The zero-order chi connectivity index (χ0) is 15.1. The molecule has 0 spiro atoms. The van der Waals surface area contributed by atoms with Gasteiger partial charge in [-0.05, 0) is 6.92 Å². The molecule has 0 amide bonds. The largest absolute Gasteiger partial charge is 0.394 e. The Morgan fingerprint density at radius 3 is 2.77 bits per heavy atom. The topological polar surface area (TPSA) is 127 Å². The molecule has 1 fully saturated rings. The van der Waals surface area contributed by atoms with Crippen molar-refractivity contribution in [2.24, 2.45) is 0 Å². The molecule has 0 aliphatic carbocycles. The van der Waals surface area contributed by atoms with Crippen LogP contribution >= 0.6 is 24.0 Å². The van der Waals surface area contributed by atoms with E-state index in [1.165, 1.54) is 6.33 Å². The Balaban J connectivity index is 0.00000176. The molecule has 3 rings (SSSR count). The van der Waals surface area contributed by atoms with Crippen molar-refractivity contribution in [3.8, 4) is 0 Å². The van der Waals surface area contributed by atoms with Gasteiger partial charge in [-0.1, -0.05) is 0 Å². The monoisotopic (exact) mass is 425 g/mol. The Morgan fingerprint density at radius 1 is 1.45 bits per heavy atom. The molecule has 4 atom stereocenters. The van der Waals surface area contributed by atoms with E-state index in [9.17, 15) is 10.2 Å². The molecule has 0 aromatic carbocycles. The first kappa shape index (κ1) is 17.4. The van der Waals surface area contributed by atoms with Gasteiger partial charge in [-0.3, -0.25) is 9.98 Å². The Hall–Kier alpha value is -0.950. The van der Waals surface area contributed by atoms with Crippen molar-refractivity contribution < 1.29 is 20.1 Å². The van der Waals surface area contributed by atoms with Crippen LogP contribution in [0.5, 0.6) is 0 Å². The zero-order valence-corrected chi connectivity index (χ0v) is 14.3. The highest BCUT2D eigenvalue weighted by atomic mass is 127. The molecule has 0 bridgehead atoms. The van der Waals surface area contributed by atoms with Crippen LogP contribution < -0.4 is 5.32 Å². The predicted octanol–water partition coefficient (Wildman–Crippen LogP) is -0.857. The van der Waals surface area contributed by atoms with E-state index in [0.717, 1.165) is 0 Å². The number of hydrogen-bond acceptors (Lipinski definition) is 7. The van der Waals surface area contributed by atoms with Crippen molar-refractivity contribution in [2.45, 2.75) is 31.5 Å². The number of nitrogens with one attached hydrogen (secondary N) is 2. The molecule has 3 heterocycles. The number of aromatic nitrogens is 2. The molecule has 22 heavy (non-hydrogen) atoms. The lowest BCUT2D eigenvalue weighted by Crippen LogP contribution is -2.40. The Labute approximate surface area is 144 Å². The number of aliphatic hydroxyl groups is 3. The van der Waals surface area contributed by atoms with Gasteiger partial charge in [-0.15, -0.1) is 24.0 Å². The SMILES string of the molecule is CCN1CNc2c(ncn2[C@@H]2O[C@H](CO)[C@@H](O)[C@H]2O)C1=N.I. The number of halogens is 1. The molecule has 124 valence electrons. The summed E-state index contributed by atoms with van der Waals surface area (Å²) >= 11 is 0. The first-order valence-electron chi connectivity index (χ1n) is 6.85. The lowest BCUT2D eigenvalue weighted by atomic mass is 10.1. The smallest absolute Gasteiger partial charge is 0.165 e. The maximum absolute atomic E-state index is 10.1. The third-order valence-corrected chi connectivity index (χ3v) is 3.94. The van der Waals surface area contributed by atoms with Gasteiger partial charge in [0, 0.05) is 6.54 Å². The highest BCUT2D eigenvalue weighted by Crippen LogP contribution is 2.33. The van der Waals surface area contributed by atoms with E-state index in [2.05, 4.69) is 10.3 Å². The van der Waals surface area contributed by atoms with Crippen LogP contribution in [0, 0.1) is 5.41 Å². The van der Waals surface area contributed by atoms with Crippen LogP contribution in [0.25, 0.3) is 0 Å². The third-order valence-electron chi connectivity index (χ3n) is 3.94. The van der Waals surface area contributed by atoms with Crippen molar-refractivity contribution >= 4 is 35.6 Å². The average Bonchev–Trinajstić information content (AvgIpc) is 3.03. The number of fused-ring (bicyclic) bond motifs is 1. The van der Waals surface area contributed by atoms with E-state index in [-0.39, 0.29) is 30.6 Å². The molecule has 0 radical (unpaired) electrons. The summed E-state index contributed by atoms with van der Waals surface area (Å²) in [6.07, 6.45) is -2.54. The van der Waals surface area contributed by atoms with E-state index < -0.39 is 24.5 Å². The lowest BCUT2D eigenvalue weighted by Gasteiger charge is -2.30. The van der Waals surface area contributed by atoms with E-state index in [0.29, 0.717) is 30.6 Å². The molecule has 0 unspecified atom stereocenters. The molecule has 9 nitrogen and oxygen atoms in total. The molecular formula is C12H20IN5O4. The van der Waals surface area contributed by atoms with Crippen LogP contribution in [0.15, 0.2) is 6.33 Å². The summed E-state index contributed by atoms with van der Waals surface area (Å²) in [7, 11) is 0. The summed E-state index contributed by atoms with van der Waals surface area (Å²) in [4.78, 5) is 6.01. The van der Waals surface area contributed by atoms with Crippen molar-refractivity contribution in [3.05, 3.63) is 12.0 Å². The van der Waals surface area contributed by atoms with Gasteiger partial charge < -0.3 is 30.3 Å². The zero-order valence-electron chi connectivity index (χ0n) is 12.0. The Morgan fingerprint density at radius 2 is 2.18 bits per heavy atom. The number of anilines is 1. The molecule has 10 heteroatoms. The van der Waals surface area contributed by atoms with Gasteiger partial charge in [-0.25, -0.2) is 4.98 Å². The number of imidazole rings is 1. The number of aliphatic hydroxyl groups excluding tert-OH is 3. The molecule has 0 saturated carbocycles. The van der Waals surface area contributed by atoms with Gasteiger partial charge in [0.05, 0.1) is 19.6 Å². The quantitative estimate of drug-likeness (QED) is 0.399. The summed E-state index contributed by atoms with van der Waals surface area (Å²) in [6.45, 7) is 2.72. The minimum Gasteiger partial charge on any atom is -0.394 e. The maximum atomic E-state index is 10.1. The minimum absolute atomic E-state index is 0. The fourth-order valence-electron chi connectivity index (χ4n) is 2.68. The fourth-order valence-corrected chi connectivity index (χ4v) is 2.68. The summed E-state index contributed by atoms with van der Waals surface area (Å²) in [5.41, 5.74) is 0.473. The number of hydrogen-bond donors (Lipinski definition) is 5. The minimum atomic E-state index is -1.17. The van der Waals surface area contributed by atoms with Crippen LogP contribution in [-0.4, -0.2) is 73.7 Å².